The van der Waals surface area contributed by atoms with Gasteiger partial charge in [-0.05, 0) is 23.8 Å². The molecule has 0 saturated heterocycles. The van der Waals surface area contributed by atoms with Gasteiger partial charge in [-0.3, -0.25) is 0 Å². The lowest BCUT2D eigenvalue weighted by Crippen LogP contribution is -2.06. The van der Waals surface area contributed by atoms with E-state index in [9.17, 15) is 17.6 Å². The number of rotatable bonds is 2. The molecule has 0 bridgehead atoms. The summed E-state index contributed by atoms with van der Waals surface area (Å²) in [6.07, 6.45) is -4.46. The first-order chi connectivity index (χ1) is 6.86. The Morgan fingerprint density at radius 3 is 2.40 bits per heavy atom. The second kappa shape index (κ2) is 4.35. The topological polar surface area (TPSA) is 0 Å². The van der Waals surface area contributed by atoms with E-state index in [0.717, 1.165) is 12.1 Å². The quantitative estimate of drug-likeness (QED) is 0.562. The van der Waals surface area contributed by atoms with Crippen LogP contribution in [-0.2, 0) is 6.18 Å². The third kappa shape index (κ3) is 2.81. The van der Waals surface area contributed by atoms with E-state index in [4.69, 9.17) is 0 Å². The highest BCUT2D eigenvalue weighted by Gasteiger charge is 2.31. The third-order valence-electron chi connectivity index (χ3n) is 1.84. The van der Waals surface area contributed by atoms with E-state index in [1.807, 2.05) is 0 Å². The van der Waals surface area contributed by atoms with E-state index in [0.29, 0.717) is 6.07 Å². The van der Waals surface area contributed by atoms with Gasteiger partial charge in [0, 0.05) is 10.9 Å². The molecule has 0 aromatic heterocycles. The first-order valence-electron chi connectivity index (χ1n) is 3.97. The van der Waals surface area contributed by atoms with E-state index in [2.05, 4.69) is 22.5 Å². The fourth-order valence-electron chi connectivity index (χ4n) is 1.04. The fraction of sp³-hybridized carbons (Fsp3) is 0.200. The smallest absolute Gasteiger partial charge is 0.206 e. The van der Waals surface area contributed by atoms with Crippen molar-refractivity contribution >= 4 is 21.5 Å². The SMILES string of the molecule is C=C(CBr)c1cc(C(F)(F)F)ccc1F. The van der Waals surface area contributed by atoms with Crippen LogP contribution in [0.2, 0.25) is 0 Å². The molecule has 0 saturated carbocycles. The van der Waals surface area contributed by atoms with Gasteiger partial charge in [0.25, 0.3) is 0 Å². The van der Waals surface area contributed by atoms with Gasteiger partial charge in [-0.25, -0.2) is 4.39 Å². The van der Waals surface area contributed by atoms with Crippen LogP contribution in [0.4, 0.5) is 17.6 Å². The number of alkyl halides is 4. The van der Waals surface area contributed by atoms with E-state index in [1.165, 1.54) is 0 Å². The van der Waals surface area contributed by atoms with E-state index >= 15 is 0 Å². The highest BCUT2D eigenvalue weighted by Crippen LogP contribution is 2.32. The summed E-state index contributed by atoms with van der Waals surface area (Å²) in [7, 11) is 0. The Balaban J connectivity index is 3.23. The molecule has 1 aromatic carbocycles. The Labute approximate surface area is 92.7 Å². The number of hydrogen-bond acceptors (Lipinski definition) is 0. The molecule has 0 aliphatic carbocycles. The second-order valence-electron chi connectivity index (χ2n) is 2.93. The molecule has 1 aromatic rings. The summed E-state index contributed by atoms with van der Waals surface area (Å²) in [5.41, 5.74) is -0.707. The summed E-state index contributed by atoms with van der Waals surface area (Å²) in [6.45, 7) is 3.47. The number of hydrogen-bond donors (Lipinski definition) is 0. The monoisotopic (exact) mass is 282 g/mol. The average Bonchev–Trinajstić information content (AvgIpc) is 2.15. The van der Waals surface area contributed by atoms with Gasteiger partial charge in [0.2, 0.25) is 0 Å². The summed E-state index contributed by atoms with van der Waals surface area (Å²) in [6, 6.07) is 2.27. The van der Waals surface area contributed by atoms with Crippen molar-refractivity contribution in [2.75, 3.05) is 5.33 Å². The molecular weight excluding hydrogens is 276 g/mol. The Kier molecular flexibility index (Phi) is 3.54. The van der Waals surface area contributed by atoms with Gasteiger partial charge in [-0.1, -0.05) is 22.5 Å². The first-order valence-corrected chi connectivity index (χ1v) is 5.09. The summed E-state index contributed by atoms with van der Waals surface area (Å²) in [4.78, 5) is 0. The van der Waals surface area contributed by atoms with Crippen LogP contribution in [0.3, 0.4) is 0 Å². The second-order valence-corrected chi connectivity index (χ2v) is 3.49. The van der Waals surface area contributed by atoms with Crippen LogP contribution in [0, 0.1) is 5.82 Å². The zero-order valence-electron chi connectivity index (χ0n) is 7.54. The van der Waals surface area contributed by atoms with Crippen LogP contribution in [-0.4, -0.2) is 5.33 Å². The normalized spacial score (nSPS) is 11.5. The van der Waals surface area contributed by atoms with Crippen molar-refractivity contribution < 1.29 is 17.6 Å². The van der Waals surface area contributed by atoms with Crippen LogP contribution >= 0.6 is 15.9 Å². The number of halogens is 5. The van der Waals surface area contributed by atoms with Gasteiger partial charge >= 0.3 is 6.18 Å². The summed E-state index contributed by atoms with van der Waals surface area (Å²) in [5.74, 6) is -0.701. The predicted octanol–water partition coefficient (Wildman–Crippen LogP) is 4.25. The maximum atomic E-state index is 13.1. The minimum absolute atomic E-state index is 0.110. The highest BCUT2D eigenvalue weighted by molar-refractivity contribution is 9.09. The van der Waals surface area contributed by atoms with Gasteiger partial charge in [0.1, 0.15) is 5.82 Å². The molecule has 0 unspecified atom stereocenters. The molecule has 0 N–H and O–H groups in total. The van der Waals surface area contributed by atoms with Crippen molar-refractivity contribution in [1.82, 2.24) is 0 Å². The number of benzene rings is 1. The zero-order chi connectivity index (χ0) is 11.6. The molecular formula is C10H7BrF4. The summed E-state index contributed by atoms with van der Waals surface area (Å²) in [5, 5.41) is 0.227. The van der Waals surface area contributed by atoms with E-state index in [-0.39, 0.29) is 16.5 Å². The average molecular weight is 283 g/mol. The highest BCUT2D eigenvalue weighted by atomic mass is 79.9. The van der Waals surface area contributed by atoms with Crippen LogP contribution in [0.15, 0.2) is 24.8 Å². The lowest BCUT2D eigenvalue weighted by atomic mass is 10.0. The maximum absolute atomic E-state index is 13.1. The van der Waals surface area contributed by atoms with E-state index in [1.54, 1.807) is 0 Å². The molecule has 0 fully saturated rings. The zero-order valence-corrected chi connectivity index (χ0v) is 9.12. The predicted molar refractivity (Wildman–Crippen MR) is 54.2 cm³/mol. The molecule has 0 spiro atoms. The molecule has 1 rings (SSSR count). The van der Waals surface area contributed by atoms with Crippen molar-refractivity contribution in [2.45, 2.75) is 6.18 Å². The molecule has 82 valence electrons. The summed E-state index contributed by atoms with van der Waals surface area (Å²) < 4.78 is 50.1. The third-order valence-corrected chi connectivity index (χ3v) is 2.51. The van der Waals surface area contributed by atoms with Crippen molar-refractivity contribution in [2.24, 2.45) is 0 Å². The van der Waals surface area contributed by atoms with Crippen molar-refractivity contribution in [3.05, 3.63) is 41.7 Å². The van der Waals surface area contributed by atoms with Crippen LogP contribution in [0.25, 0.3) is 5.57 Å². The van der Waals surface area contributed by atoms with Crippen LogP contribution < -0.4 is 0 Å². The minimum Gasteiger partial charge on any atom is -0.206 e. The van der Waals surface area contributed by atoms with Gasteiger partial charge in [0.15, 0.2) is 0 Å². The Morgan fingerprint density at radius 2 is 1.93 bits per heavy atom. The van der Waals surface area contributed by atoms with Crippen LogP contribution in [0.5, 0.6) is 0 Å². The lowest BCUT2D eigenvalue weighted by molar-refractivity contribution is -0.137. The van der Waals surface area contributed by atoms with Crippen molar-refractivity contribution in [1.29, 1.82) is 0 Å². The molecule has 0 heterocycles. The first kappa shape index (κ1) is 12.2. The van der Waals surface area contributed by atoms with Gasteiger partial charge in [-0.15, -0.1) is 0 Å². The molecule has 0 aliphatic rings. The Hall–Kier alpha value is -0.840. The molecule has 0 radical (unpaired) electrons. The fourth-order valence-corrected chi connectivity index (χ4v) is 1.35. The number of allylic oxidation sites excluding steroid dienone is 1. The van der Waals surface area contributed by atoms with Crippen molar-refractivity contribution in [3.63, 3.8) is 0 Å². The largest absolute Gasteiger partial charge is 0.416 e. The van der Waals surface area contributed by atoms with E-state index < -0.39 is 17.6 Å². The van der Waals surface area contributed by atoms with Gasteiger partial charge in [-0.2, -0.15) is 13.2 Å². The maximum Gasteiger partial charge on any atom is 0.416 e. The van der Waals surface area contributed by atoms with Crippen molar-refractivity contribution in [3.8, 4) is 0 Å². The lowest BCUT2D eigenvalue weighted by Gasteiger charge is -2.10. The van der Waals surface area contributed by atoms with Gasteiger partial charge < -0.3 is 0 Å². The molecule has 5 heteroatoms. The molecule has 0 nitrogen and oxygen atoms in total. The Morgan fingerprint density at radius 1 is 1.33 bits per heavy atom. The molecule has 0 aliphatic heterocycles. The molecule has 15 heavy (non-hydrogen) atoms. The minimum atomic E-state index is -4.46. The molecule has 0 amide bonds. The molecule has 0 atom stereocenters. The van der Waals surface area contributed by atoms with Gasteiger partial charge in [0.05, 0.1) is 5.56 Å². The Bertz CT molecular complexity index is 381. The van der Waals surface area contributed by atoms with Crippen LogP contribution in [0.1, 0.15) is 11.1 Å². The standard InChI is InChI=1S/C10H7BrF4/c1-6(5-11)8-4-7(10(13,14)15)2-3-9(8)12/h2-4H,1,5H2. The summed E-state index contributed by atoms with van der Waals surface area (Å²) >= 11 is 3.01.